The van der Waals surface area contributed by atoms with E-state index in [1.165, 1.54) is 55.6 Å². The van der Waals surface area contributed by atoms with E-state index in [-0.39, 0.29) is 5.41 Å². The Bertz CT molecular complexity index is 1170. The van der Waals surface area contributed by atoms with Crippen molar-refractivity contribution in [1.82, 2.24) is 0 Å². The summed E-state index contributed by atoms with van der Waals surface area (Å²) in [7, 11) is 0. The smallest absolute Gasteiger partial charge is 0.0152 e. The van der Waals surface area contributed by atoms with E-state index in [9.17, 15) is 0 Å². The highest BCUT2D eigenvalue weighted by atomic mass is 14.4. The van der Waals surface area contributed by atoms with Crippen molar-refractivity contribution in [2.24, 2.45) is 0 Å². The second-order valence-corrected chi connectivity index (χ2v) is 8.96. The lowest BCUT2D eigenvalue weighted by atomic mass is 9.73. The number of benzene rings is 4. The molecule has 0 aliphatic heterocycles. The summed E-state index contributed by atoms with van der Waals surface area (Å²) in [6, 6.07) is 31.5. The van der Waals surface area contributed by atoms with E-state index in [1.807, 2.05) is 0 Å². The summed E-state index contributed by atoms with van der Waals surface area (Å²) in [5, 5.41) is 0. The second-order valence-electron chi connectivity index (χ2n) is 8.96. The van der Waals surface area contributed by atoms with E-state index in [1.54, 1.807) is 0 Å². The third kappa shape index (κ3) is 2.32. The van der Waals surface area contributed by atoms with Gasteiger partial charge in [0.05, 0.1) is 0 Å². The lowest BCUT2D eigenvalue weighted by molar-refractivity contribution is 0.629. The zero-order valence-corrected chi connectivity index (χ0v) is 17.0. The van der Waals surface area contributed by atoms with Gasteiger partial charge in [-0.25, -0.2) is 0 Å². The maximum absolute atomic E-state index is 2.41. The topological polar surface area (TPSA) is 0 Å². The number of hydrogen-bond donors (Lipinski definition) is 0. The largest absolute Gasteiger partial charge is 0.0619 e. The van der Waals surface area contributed by atoms with Crippen LogP contribution in [0.4, 0.5) is 0 Å². The predicted molar refractivity (Wildman–Crippen MR) is 121 cm³/mol. The minimum absolute atomic E-state index is 0.0409. The number of rotatable bonds is 2. The van der Waals surface area contributed by atoms with Crippen molar-refractivity contribution < 1.29 is 0 Å². The molecule has 0 nitrogen and oxygen atoms in total. The quantitative estimate of drug-likeness (QED) is 0.303. The first-order valence-electron chi connectivity index (χ1n) is 10.6. The summed E-state index contributed by atoms with van der Waals surface area (Å²) >= 11 is 0. The summed E-state index contributed by atoms with van der Waals surface area (Å²) < 4.78 is 0. The maximum Gasteiger partial charge on any atom is 0.0152 e. The van der Waals surface area contributed by atoms with Gasteiger partial charge in [0, 0.05) is 5.41 Å². The van der Waals surface area contributed by atoms with Crippen molar-refractivity contribution >= 4 is 0 Å². The molecule has 0 fully saturated rings. The molecule has 6 rings (SSSR count). The second kappa shape index (κ2) is 5.94. The molecule has 0 atom stereocenters. The molecule has 0 unspecified atom stereocenters. The van der Waals surface area contributed by atoms with Crippen LogP contribution in [-0.2, 0) is 18.3 Å². The summed E-state index contributed by atoms with van der Waals surface area (Å²) in [5.41, 5.74) is 14.5. The Balaban J connectivity index is 1.53. The molecule has 2 aliphatic rings. The van der Waals surface area contributed by atoms with Crippen molar-refractivity contribution in [2.45, 2.75) is 32.1 Å². The predicted octanol–water partition coefficient (Wildman–Crippen LogP) is 7.15. The molecule has 0 amide bonds. The van der Waals surface area contributed by atoms with E-state index in [4.69, 9.17) is 0 Å². The van der Waals surface area contributed by atoms with E-state index in [0.29, 0.717) is 0 Å². The van der Waals surface area contributed by atoms with Gasteiger partial charge in [0.25, 0.3) is 0 Å². The molecule has 29 heavy (non-hydrogen) atoms. The van der Waals surface area contributed by atoms with Crippen LogP contribution >= 0.6 is 0 Å². The molecular formula is C29H24. The molecule has 0 saturated heterocycles. The zero-order chi connectivity index (χ0) is 19.6. The van der Waals surface area contributed by atoms with Gasteiger partial charge in [-0.15, -0.1) is 0 Å². The molecule has 0 radical (unpaired) electrons. The van der Waals surface area contributed by atoms with Crippen LogP contribution < -0.4 is 0 Å². The minimum Gasteiger partial charge on any atom is -0.0619 e. The fourth-order valence-corrected chi connectivity index (χ4v) is 5.63. The van der Waals surface area contributed by atoms with Crippen molar-refractivity contribution in [2.75, 3.05) is 0 Å². The molecule has 4 aromatic carbocycles. The van der Waals surface area contributed by atoms with Gasteiger partial charge in [-0.3, -0.25) is 0 Å². The van der Waals surface area contributed by atoms with Crippen LogP contribution in [0.1, 0.15) is 47.2 Å². The summed E-state index contributed by atoms with van der Waals surface area (Å²) in [6.45, 7) is 4.81. The molecule has 0 saturated carbocycles. The highest BCUT2D eigenvalue weighted by molar-refractivity contribution is 5.81. The van der Waals surface area contributed by atoms with Crippen LogP contribution in [0.2, 0.25) is 0 Å². The van der Waals surface area contributed by atoms with Crippen molar-refractivity contribution in [3.63, 3.8) is 0 Å². The van der Waals surface area contributed by atoms with Crippen molar-refractivity contribution in [3.05, 3.63) is 118 Å². The fraction of sp³-hybridized carbons (Fsp3) is 0.172. The highest BCUT2D eigenvalue weighted by Gasteiger charge is 2.33. The van der Waals surface area contributed by atoms with E-state index in [0.717, 1.165) is 12.8 Å². The number of fused-ring (bicyclic) bond motifs is 6. The molecule has 0 heteroatoms. The fourth-order valence-electron chi connectivity index (χ4n) is 5.63. The van der Waals surface area contributed by atoms with E-state index < -0.39 is 0 Å². The molecule has 0 heterocycles. The van der Waals surface area contributed by atoms with Crippen molar-refractivity contribution in [3.8, 4) is 22.3 Å². The lowest BCUT2D eigenvalue weighted by Crippen LogP contribution is -2.22. The molecular weight excluding hydrogens is 348 g/mol. The van der Waals surface area contributed by atoms with Crippen LogP contribution in [-0.4, -0.2) is 0 Å². The van der Waals surface area contributed by atoms with Gasteiger partial charge in [-0.05, 0) is 68.5 Å². The summed E-state index contributed by atoms with van der Waals surface area (Å²) in [6.07, 6.45) is 2.08. The third-order valence-electron chi connectivity index (χ3n) is 7.05. The molecule has 2 aliphatic carbocycles. The SMILES string of the molecule is CC(C)(c1cccc2c1Cc1ccccc1-2)c1cccc2c1Cc1ccccc1-2. The Labute approximate surface area is 172 Å². The van der Waals surface area contributed by atoms with Crippen LogP contribution in [0, 0.1) is 0 Å². The maximum atomic E-state index is 2.41. The van der Waals surface area contributed by atoms with Gasteiger partial charge in [-0.1, -0.05) is 98.8 Å². The third-order valence-corrected chi connectivity index (χ3v) is 7.05. The zero-order valence-electron chi connectivity index (χ0n) is 17.0. The Morgan fingerprint density at radius 3 is 1.38 bits per heavy atom. The Morgan fingerprint density at radius 2 is 0.897 bits per heavy atom. The highest BCUT2D eigenvalue weighted by Crippen LogP contribution is 2.47. The molecule has 140 valence electrons. The average Bonchev–Trinajstić information content (AvgIpc) is 3.31. The van der Waals surface area contributed by atoms with Gasteiger partial charge < -0.3 is 0 Å². The molecule has 4 aromatic rings. The first-order chi connectivity index (χ1) is 14.1. The van der Waals surface area contributed by atoms with E-state index >= 15 is 0 Å². The van der Waals surface area contributed by atoms with Crippen LogP contribution in [0.3, 0.4) is 0 Å². The molecule has 0 bridgehead atoms. The standard InChI is InChI=1S/C29H24/c1-29(2,27-15-7-13-23-21-11-5-3-9-19(21)17-25(23)27)28-16-8-14-24-22-12-6-4-10-20(22)18-26(24)28/h3-16H,17-18H2,1-2H3. The van der Waals surface area contributed by atoms with Gasteiger partial charge in [0.2, 0.25) is 0 Å². The van der Waals surface area contributed by atoms with Crippen LogP contribution in [0.5, 0.6) is 0 Å². The monoisotopic (exact) mass is 372 g/mol. The normalized spacial score (nSPS) is 13.6. The van der Waals surface area contributed by atoms with Gasteiger partial charge >= 0.3 is 0 Å². The summed E-state index contributed by atoms with van der Waals surface area (Å²) in [4.78, 5) is 0. The van der Waals surface area contributed by atoms with Crippen molar-refractivity contribution in [1.29, 1.82) is 0 Å². The Hall–Kier alpha value is -3.12. The first-order valence-corrected chi connectivity index (χ1v) is 10.6. The van der Waals surface area contributed by atoms with E-state index in [2.05, 4.69) is 98.8 Å². The van der Waals surface area contributed by atoms with Crippen LogP contribution in [0.15, 0.2) is 84.9 Å². The Morgan fingerprint density at radius 1 is 0.483 bits per heavy atom. The van der Waals surface area contributed by atoms with Gasteiger partial charge in [0.15, 0.2) is 0 Å². The molecule has 0 aromatic heterocycles. The average molecular weight is 373 g/mol. The van der Waals surface area contributed by atoms with Gasteiger partial charge in [0.1, 0.15) is 0 Å². The lowest BCUT2D eigenvalue weighted by Gasteiger charge is -2.31. The first kappa shape index (κ1) is 16.8. The number of hydrogen-bond acceptors (Lipinski definition) is 0. The minimum atomic E-state index is -0.0409. The van der Waals surface area contributed by atoms with Crippen LogP contribution in [0.25, 0.3) is 22.3 Å². The van der Waals surface area contributed by atoms with Gasteiger partial charge in [-0.2, -0.15) is 0 Å². The molecule has 0 spiro atoms. The summed E-state index contributed by atoms with van der Waals surface area (Å²) in [5.74, 6) is 0. The Kier molecular flexibility index (Phi) is 3.44. The molecule has 0 N–H and O–H groups in total.